The molecule has 0 saturated heterocycles. The summed E-state index contributed by atoms with van der Waals surface area (Å²) < 4.78 is 0.406. The smallest absolute Gasteiger partial charge is 0.352 e. The van der Waals surface area contributed by atoms with Gasteiger partial charge in [0.1, 0.15) is 0 Å². The van der Waals surface area contributed by atoms with E-state index in [9.17, 15) is 4.79 Å². The fourth-order valence-electron chi connectivity index (χ4n) is 0.957. The van der Waals surface area contributed by atoms with Gasteiger partial charge in [0.05, 0.1) is 5.71 Å². The summed E-state index contributed by atoms with van der Waals surface area (Å²) in [6.45, 7) is 0. The number of amidine groups is 2. The van der Waals surface area contributed by atoms with Crippen LogP contribution >= 0.6 is 15.9 Å². The second kappa shape index (κ2) is 2.84. The molecule has 0 fully saturated rings. The van der Waals surface area contributed by atoms with Crippen molar-refractivity contribution in [3.05, 3.63) is 0 Å². The number of nitrogens with zero attached hydrogens (tertiary/aromatic N) is 4. The maximum absolute atomic E-state index is 10.5. The summed E-state index contributed by atoms with van der Waals surface area (Å²) in [5.41, 5.74) is 0.527. The molecule has 2 heterocycles. The fourth-order valence-corrected chi connectivity index (χ4v) is 1.34. The molecule has 0 aromatic heterocycles. The molecule has 0 aliphatic carbocycles. The number of rotatable bonds is 1. The zero-order valence-electron chi connectivity index (χ0n) is 6.23. The van der Waals surface area contributed by atoms with Gasteiger partial charge in [-0.3, -0.25) is 0 Å². The maximum atomic E-state index is 10.5. The molecule has 0 aromatic carbocycles. The van der Waals surface area contributed by atoms with Gasteiger partial charge in [0.2, 0.25) is 0 Å². The zero-order chi connectivity index (χ0) is 9.42. The first-order chi connectivity index (χ1) is 6.16. The van der Waals surface area contributed by atoms with Gasteiger partial charge in [-0.05, 0) is 15.9 Å². The van der Waals surface area contributed by atoms with Gasteiger partial charge in [0, 0.05) is 6.42 Å². The van der Waals surface area contributed by atoms with Crippen molar-refractivity contribution >= 4 is 43.9 Å². The highest BCUT2D eigenvalue weighted by Crippen LogP contribution is 2.12. The van der Waals surface area contributed by atoms with Crippen LogP contribution in [0.5, 0.6) is 0 Å². The van der Waals surface area contributed by atoms with E-state index in [1.54, 1.807) is 0 Å². The number of carboxylic acid groups (broad SMARTS) is 1. The average Bonchev–Trinajstić information content (AvgIpc) is 2.42. The minimum absolute atomic E-state index is 0.0140. The second-order valence-electron chi connectivity index (χ2n) is 2.39. The van der Waals surface area contributed by atoms with Crippen LogP contribution in [-0.2, 0) is 4.79 Å². The summed E-state index contributed by atoms with van der Waals surface area (Å²) in [4.78, 5) is 18.4. The third-order valence-electron chi connectivity index (χ3n) is 1.53. The molecule has 6 nitrogen and oxygen atoms in total. The zero-order valence-corrected chi connectivity index (χ0v) is 7.82. The Hall–Kier alpha value is -1.37. The Morgan fingerprint density at radius 2 is 2.15 bits per heavy atom. The van der Waals surface area contributed by atoms with Crippen molar-refractivity contribution in [1.29, 1.82) is 0 Å². The number of carboxylic acids is 1. The van der Waals surface area contributed by atoms with Crippen LogP contribution in [0.4, 0.5) is 0 Å². The Morgan fingerprint density at radius 1 is 1.38 bits per heavy atom. The Kier molecular flexibility index (Phi) is 1.80. The number of aliphatic carboxylic acids is 1. The molecule has 1 N–H and O–H groups in total. The van der Waals surface area contributed by atoms with Crippen molar-refractivity contribution in [2.45, 2.75) is 6.42 Å². The van der Waals surface area contributed by atoms with Crippen LogP contribution in [0.15, 0.2) is 20.2 Å². The van der Waals surface area contributed by atoms with Crippen molar-refractivity contribution in [2.24, 2.45) is 20.2 Å². The van der Waals surface area contributed by atoms with Crippen molar-refractivity contribution in [3.63, 3.8) is 0 Å². The number of aliphatic imine (C=N–C) groups is 2. The molecule has 7 heteroatoms. The lowest BCUT2D eigenvalue weighted by molar-refractivity contribution is -0.129. The lowest BCUT2D eigenvalue weighted by Gasteiger charge is -2.03. The Balaban J connectivity index is 2.34. The summed E-state index contributed by atoms with van der Waals surface area (Å²) in [5, 5.41) is 15.7. The van der Waals surface area contributed by atoms with Crippen LogP contribution in [0.2, 0.25) is 0 Å². The molecule has 0 spiro atoms. The van der Waals surface area contributed by atoms with Gasteiger partial charge in [-0.1, -0.05) is 0 Å². The van der Waals surface area contributed by atoms with Gasteiger partial charge in [-0.15, -0.1) is 10.2 Å². The van der Waals surface area contributed by atoms with Gasteiger partial charge in [-0.25, -0.2) is 9.79 Å². The lowest BCUT2D eigenvalue weighted by atomic mass is 10.1. The summed E-state index contributed by atoms with van der Waals surface area (Å²) in [7, 11) is 0. The minimum Gasteiger partial charge on any atom is -0.477 e. The second-order valence-corrected chi connectivity index (χ2v) is 3.10. The molecule has 0 aromatic rings. The molecule has 0 bridgehead atoms. The van der Waals surface area contributed by atoms with Crippen LogP contribution in [-0.4, -0.2) is 33.1 Å². The predicted molar refractivity (Wildman–Crippen MR) is 50.9 cm³/mol. The standard InChI is InChI=1S/C6H3BrN4O2/c7-6-8-2-1-3(5(12)13)10-11-4(2)9-6/h1H2,(H,12,13). The minimum atomic E-state index is -1.08. The summed E-state index contributed by atoms with van der Waals surface area (Å²) in [6, 6.07) is 0. The molecule has 0 radical (unpaired) electrons. The highest BCUT2D eigenvalue weighted by Gasteiger charge is 2.25. The van der Waals surface area contributed by atoms with E-state index in [0.29, 0.717) is 16.3 Å². The van der Waals surface area contributed by atoms with E-state index >= 15 is 0 Å². The van der Waals surface area contributed by atoms with Gasteiger partial charge in [0.25, 0.3) is 0 Å². The van der Waals surface area contributed by atoms with Gasteiger partial charge in [-0.2, -0.15) is 4.99 Å². The molecule has 2 rings (SSSR count). The summed E-state index contributed by atoms with van der Waals surface area (Å²) >= 11 is 3.07. The third kappa shape index (κ3) is 1.42. The summed E-state index contributed by atoms with van der Waals surface area (Å²) in [6.07, 6.45) is 0.173. The molecule has 2 aliphatic rings. The molecule has 0 amide bonds. The number of halogens is 1. The van der Waals surface area contributed by atoms with Crippen LogP contribution in [0.1, 0.15) is 6.42 Å². The van der Waals surface area contributed by atoms with E-state index in [2.05, 4.69) is 36.1 Å². The number of hydrogen-bond acceptors (Lipinski definition) is 5. The van der Waals surface area contributed by atoms with E-state index < -0.39 is 5.97 Å². The first-order valence-corrected chi connectivity index (χ1v) is 4.16. The quantitative estimate of drug-likeness (QED) is 0.677. The molecule has 0 atom stereocenters. The fraction of sp³-hybridized carbons (Fsp3) is 0.167. The number of carbonyl (C=O) groups is 1. The first-order valence-electron chi connectivity index (χ1n) is 3.37. The van der Waals surface area contributed by atoms with Crippen LogP contribution in [0.25, 0.3) is 0 Å². The molecule has 66 valence electrons. The van der Waals surface area contributed by atoms with Crippen molar-refractivity contribution in [1.82, 2.24) is 0 Å². The molecule has 2 aliphatic heterocycles. The lowest BCUT2D eigenvalue weighted by Crippen LogP contribution is -2.23. The molecular formula is C6H3BrN4O2. The normalized spacial score (nSPS) is 19.8. The van der Waals surface area contributed by atoms with Crippen LogP contribution in [0, 0.1) is 0 Å². The SMILES string of the molecule is O=C(O)C1=NN=C2N=C(Br)N=C2C1. The van der Waals surface area contributed by atoms with Gasteiger partial charge in [0.15, 0.2) is 16.3 Å². The van der Waals surface area contributed by atoms with E-state index in [4.69, 9.17) is 5.11 Å². The van der Waals surface area contributed by atoms with E-state index in [1.807, 2.05) is 0 Å². The highest BCUT2D eigenvalue weighted by atomic mass is 79.9. The molecule has 0 unspecified atom stereocenters. The molecule has 0 saturated carbocycles. The van der Waals surface area contributed by atoms with Crippen molar-refractivity contribution in [3.8, 4) is 0 Å². The van der Waals surface area contributed by atoms with Crippen LogP contribution < -0.4 is 0 Å². The third-order valence-corrected chi connectivity index (χ3v) is 1.89. The average molecular weight is 243 g/mol. The van der Waals surface area contributed by atoms with Crippen molar-refractivity contribution in [2.75, 3.05) is 0 Å². The first kappa shape index (κ1) is 8.24. The van der Waals surface area contributed by atoms with Crippen LogP contribution in [0.3, 0.4) is 0 Å². The topological polar surface area (TPSA) is 86.7 Å². The van der Waals surface area contributed by atoms with E-state index in [0.717, 1.165) is 0 Å². The highest BCUT2D eigenvalue weighted by molar-refractivity contribution is 9.18. The van der Waals surface area contributed by atoms with Gasteiger partial charge >= 0.3 is 5.97 Å². The monoisotopic (exact) mass is 242 g/mol. The van der Waals surface area contributed by atoms with Gasteiger partial charge < -0.3 is 5.11 Å². The largest absolute Gasteiger partial charge is 0.477 e. The Labute approximate surface area is 80.9 Å². The Bertz CT molecular complexity index is 407. The van der Waals surface area contributed by atoms with Crippen molar-refractivity contribution < 1.29 is 9.90 Å². The Morgan fingerprint density at radius 3 is 2.85 bits per heavy atom. The molecular weight excluding hydrogens is 240 g/mol. The predicted octanol–water partition coefficient (Wildman–Crippen LogP) is 0.435. The summed E-state index contributed by atoms with van der Waals surface area (Å²) in [5.74, 6) is -0.689. The number of hydrogen-bond donors (Lipinski definition) is 1. The van der Waals surface area contributed by atoms with E-state index in [1.165, 1.54) is 0 Å². The molecule has 13 heavy (non-hydrogen) atoms. The maximum Gasteiger partial charge on any atom is 0.352 e. The van der Waals surface area contributed by atoms with E-state index in [-0.39, 0.29) is 12.1 Å². The number of fused-ring (bicyclic) bond motifs is 1.